The minimum absolute atomic E-state index is 0.0362. The van der Waals surface area contributed by atoms with Crippen molar-refractivity contribution < 1.29 is 13.2 Å². The Balaban J connectivity index is 1.90. The molecule has 1 aliphatic rings. The van der Waals surface area contributed by atoms with E-state index in [1.807, 2.05) is 12.1 Å². The number of amides is 1. The number of rotatable bonds is 5. The summed E-state index contributed by atoms with van der Waals surface area (Å²) in [6, 6.07) is 7.03. The first kappa shape index (κ1) is 19.8. The van der Waals surface area contributed by atoms with Gasteiger partial charge in [0.15, 0.2) is 9.84 Å². The molecular weight excluding hydrogens is 408 g/mol. The summed E-state index contributed by atoms with van der Waals surface area (Å²) in [4.78, 5) is 20.2. The quantitative estimate of drug-likeness (QED) is 0.640. The van der Waals surface area contributed by atoms with Gasteiger partial charge in [-0.2, -0.15) is 0 Å². The van der Waals surface area contributed by atoms with Gasteiger partial charge in [-0.25, -0.2) is 18.4 Å². The van der Waals surface area contributed by atoms with Gasteiger partial charge < -0.3 is 11.5 Å². The van der Waals surface area contributed by atoms with E-state index in [2.05, 4.69) is 9.97 Å². The normalized spacial score (nSPS) is 15.6. The standard InChI is InChI=1S/C20H22N4O3S2/c21-16(25)11-17-24-19-13(7-4-8-14(19)28-17)18-15(9-10-23-20(18)22)29(26,27)12-5-2-1-3-6-12/h4,7-10,12H,1-3,5-6,11H2,(H2,21,25)(H2,22,23). The summed E-state index contributed by atoms with van der Waals surface area (Å²) < 4.78 is 27.8. The molecule has 1 fully saturated rings. The highest BCUT2D eigenvalue weighted by Crippen LogP contribution is 2.40. The number of anilines is 1. The number of hydrogen-bond acceptors (Lipinski definition) is 7. The van der Waals surface area contributed by atoms with Gasteiger partial charge in [-0.3, -0.25) is 4.79 Å². The van der Waals surface area contributed by atoms with E-state index in [9.17, 15) is 13.2 Å². The molecule has 152 valence electrons. The molecular formula is C20H22N4O3S2. The molecule has 4 rings (SSSR count). The Hall–Kier alpha value is -2.52. The first-order chi connectivity index (χ1) is 13.9. The third-order valence-corrected chi connectivity index (χ3v) is 8.62. The van der Waals surface area contributed by atoms with Crippen molar-refractivity contribution in [3.63, 3.8) is 0 Å². The molecule has 9 heteroatoms. The average molecular weight is 431 g/mol. The second-order valence-electron chi connectivity index (χ2n) is 7.28. The lowest BCUT2D eigenvalue weighted by Gasteiger charge is -2.23. The van der Waals surface area contributed by atoms with Crippen LogP contribution in [0.2, 0.25) is 0 Å². The van der Waals surface area contributed by atoms with E-state index in [-0.39, 0.29) is 17.1 Å². The molecule has 7 nitrogen and oxygen atoms in total. The van der Waals surface area contributed by atoms with E-state index < -0.39 is 21.0 Å². The monoisotopic (exact) mass is 430 g/mol. The number of nitrogens with zero attached hydrogens (tertiary/aromatic N) is 2. The van der Waals surface area contributed by atoms with Gasteiger partial charge in [-0.1, -0.05) is 31.4 Å². The Morgan fingerprint density at radius 1 is 1.17 bits per heavy atom. The number of thiazole rings is 1. The van der Waals surface area contributed by atoms with Gasteiger partial charge in [-0.15, -0.1) is 11.3 Å². The van der Waals surface area contributed by atoms with Gasteiger partial charge in [0.05, 0.1) is 26.8 Å². The van der Waals surface area contributed by atoms with Crippen molar-refractivity contribution in [2.45, 2.75) is 48.7 Å². The van der Waals surface area contributed by atoms with Crippen molar-refractivity contribution in [3.8, 4) is 11.1 Å². The predicted octanol–water partition coefficient (Wildman–Crippen LogP) is 3.07. The highest BCUT2D eigenvalue weighted by Gasteiger charge is 2.32. The Morgan fingerprint density at radius 3 is 2.66 bits per heavy atom. The number of para-hydroxylation sites is 1. The minimum Gasteiger partial charge on any atom is -0.383 e. The van der Waals surface area contributed by atoms with Crippen LogP contribution in [-0.4, -0.2) is 29.5 Å². The smallest absolute Gasteiger partial charge is 0.224 e. The van der Waals surface area contributed by atoms with Crippen LogP contribution in [0.1, 0.15) is 37.1 Å². The SMILES string of the molecule is NC(=O)Cc1nc2c(-c3c(S(=O)(=O)C4CCCCC4)ccnc3N)cccc2s1. The van der Waals surface area contributed by atoms with Crippen LogP contribution in [0.25, 0.3) is 21.3 Å². The number of carbonyl (C=O) groups is 1. The molecule has 1 saturated carbocycles. The van der Waals surface area contributed by atoms with Crippen LogP contribution in [0.15, 0.2) is 35.4 Å². The Bertz CT molecular complexity index is 1180. The fourth-order valence-corrected chi connectivity index (χ4v) is 7.01. The third kappa shape index (κ3) is 3.72. The van der Waals surface area contributed by atoms with E-state index in [4.69, 9.17) is 11.5 Å². The van der Waals surface area contributed by atoms with Crippen molar-refractivity contribution >= 4 is 43.1 Å². The zero-order valence-electron chi connectivity index (χ0n) is 15.8. The fourth-order valence-electron chi connectivity index (χ4n) is 3.94. The van der Waals surface area contributed by atoms with E-state index in [0.29, 0.717) is 34.5 Å². The number of hydrogen-bond donors (Lipinski definition) is 2. The van der Waals surface area contributed by atoms with E-state index >= 15 is 0 Å². The highest BCUT2D eigenvalue weighted by molar-refractivity contribution is 7.92. The number of sulfone groups is 1. The lowest BCUT2D eigenvalue weighted by atomic mass is 10.0. The lowest BCUT2D eigenvalue weighted by Crippen LogP contribution is -2.25. The van der Waals surface area contributed by atoms with E-state index in [1.54, 1.807) is 6.07 Å². The average Bonchev–Trinajstić information content (AvgIpc) is 3.10. The molecule has 1 aliphatic carbocycles. The largest absolute Gasteiger partial charge is 0.383 e. The second kappa shape index (κ2) is 7.72. The van der Waals surface area contributed by atoms with Crippen LogP contribution in [0.3, 0.4) is 0 Å². The molecule has 29 heavy (non-hydrogen) atoms. The molecule has 2 aromatic heterocycles. The molecule has 0 spiro atoms. The van der Waals surface area contributed by atoms with Gasteiger partial charge in [-0.05, 0) is 25.0 Å². The zero-order valence-corrected chi connectivity index (χ0v) is 17.4. The van der Waals surface area contributed by atoms with Crippen molar-refractivity contribution in [2.75, 3.05) is 5.73 Å². The number of benzene rings is 1. The van der Waals surface area contributed by atoms with Crippen molar-refractivity contribution in [1.82, 2.24) is 9.97 Å². The number of fused-ring (bicyclic) bond motifs is 1. The molecule has 0 radical (unpaired) electrons. The summed E-state index contributed by atoms with van der Waals surface area (Å²) in [6.07, 6.45) is 5.69. The van der Waals surface area contributed by atoms with Gasteiger partial charge in [0.25, 0.3) is 0 Å². The predicted molar refractivity (Wildman–Crippen MR) is 114 cm³/mol. The molecule has 0 unspecified atom stereocenters. The van der Waals surface area contributed by atoms with Crippen LogP contribution in [0.4, 0.5) is 5.82 Å². The first-order valence-electron chi connectivity index (χ1n) is 9.53. The maximum Gasteiger partial charge on any atom is 0.224 e. The molecule has 1 amide bonds. The van der Waals surface area contributed by atoms with Gasteiger partial charge in [0.2, 0.25) is 5.91 Å². The van der Waals surface area contributed by atoms with Crippen molar-refractivity contribution in [1.29, 1.82) is 0 Å². The second-order valence-corrected chi connectivity index (χ2v) is 10.6. The summed E-state index contributed by atoms with van der Waals surface area (Å²) >= 11 is 1.36. The molecule has 3 aromatic rings. The number of nitrogens with two attached hydrogens (primary N) is 2. The molecule has 4 N–H and O–H groups in total. The summed E-state index contributed by atoms with van der Waals surface area (Å²) in [6.45, 7) is 0. The zero-order chi connectivity index (χ0) is 20.6. The van der Waals surface area contributed by atoms with E-state index in [1.165, 1.54) is 23.6 Å². The Kier molecular flexibility index (Phi) is 5.26. The van der Waals surface area contributed by atoms with Gasteiger partial charge in [0, 0.05) is 17.3 Å². The lowest BCUT2D eigenvalue weighted by molar-refractivity contribution is -0.117. The number of carbonyl (C=O) groups excluding carboxylic acids is 1. The Labute approximate surface area is 173 Å². The van der Waals surface area contributed by atoms with Crippen LogP contribution in [0, 0.1) is 0 Å². The van der Waals surface area contributed by atoms with Crippen LogP contribution in [-0.2, 0) is 21.1 Å². The molecule has 0 saturated heterocycles. The maximum atomic E-state index is 13.5. The van der Waals surface area contributed by atoms with Crippen LogP contribution < -0.4 is 11.5 Å². The number of primary amides is 1. The summed E-state index contributed by atoms with van der Waals surface area (Å²) in [5.74, 6) is -0.314. The number of pyridine rings is 1. The fraction of sp³-hybridized carbons (Fsp3) is 0.350. The molecule has 0 atom stereocenters. The summed E-state index contributed by atoms with van der Waals surface area (Å²) in [7, 11) is -3.56. The summed E-state index contributed by atoms with van der Waals surface area (Å²) in [5, 5.41) is 0.177. The van der Waals surface area contributed by atoms with Gasteiger partial charge >= 0.3 is 0 Å². The molecule has 2 heterocycles. The number of nitrogen functional groups attached to an aromatic ring is 1. The van der Waals surface area contributed by atoms with E-state index in [0.717, 1.165) is 24.0 Å². The van der Waals surface area contributed by atoms with Crippen LogP contribution >= 0.6 is 11.3 Å². The topological polar surface area (TPSA) is 129 Å². The summed E-state index contributed by atoms with van der Waals surface area (Å²) in [5.41, 5.74) is 13.1. The maximum absolute atomic E-state index is 13.5. The van der Waals surface area contributed by atoms with Crippen molar-refractivity contribution in [2.24, 2.45) is 5.73 Å². The van der Waals surface area contributed by atoms with Gasteiger partial charge in [0.1, 0.15) is 10.8 Å². The van der Waals surface area contributed by atoms with Crippen LogP contribution in [0.5, 0.6) is 0 Å². The molecule has 0 aliphatic heterocycles. The molecule has 0 bridgehead atoms. The minimum atomic E-state index is -3.56. The Morgan fingerprint density at radius 2 is 1.93 bits per heavy atom. The van der Waals surface area contributed by atoms with Crippen molar-refractivity contribution in [3.05, 3.63) is 35.5 Å². The molecule has 1 aromatic carbocycles. The number of aromatic nitrogens is 2. The third-order valence-electron chi connectivity index (χ3n) is 5.30. The first-order valence-corrected chi connectivity index (χ1v) is 11.9. The highest BCUT2D eigenvalue weighted by atomic mass is 32.2.